The standard InChI is InChI=1S/C17H21NO2/c1-4-13-5-10-16(17(11-13)19-3)20-15-8-6-14(7-9-15)12(2)18/h5-12H,4,18H2,1-3H3/t12-/m0/s1. The molecule has 0 aliphatic rings. The summed E-state index contributed by atoms with van der Waals surface area (Å²) in [5.74, 6) is 2.25. The van der Waals surface area contributed by atoms with Crippen molar-refractivity contribution >= 4 is 0 Å². The number of ether oxygens (including phenoxy) is 2. The second-order valence-electron chi connectivity index (χ2n) is 4.80. The first-order valence-corrected chi connectivity index (χ1v) is 6.84. The summed E-state index contributed by atoms with van der Waals surface area (Å²) in [6.07, 6.45) is 0.972. The van der Waals surface area contributed by atoms with Gasteiger partial charge < -0.3 is 15.2 Å². The summed E-state index contributed by atoms with van der Waals surface area (Å²) < 4.78 is 11.2. The molecule has 0 heterocycles. The van der Waals surface area contributed by atoms with Crippen molar-refractivity contribution in [3.63, 3.8) is 0 Å². The van der Waals surface area contributed by atoms with Gasteiger partial charge in [0, 0.05) is 6.04 Å². The average molecular weight is 271 g/mol. The lowest BCUT2D eigenvalue weighted by Crippen LogP contribution is -2.04. The monoisotopic (exact) mass is 271 g/mol. The van der Waals surface area contributed by atoms with Gasteiger partial charge in [0.15, 0.2) is 11.5 Å². The van der Waals surface area contributed by atoms with E-state index in [-0.39, 0.29) is 6.04 Å². The number of methoxy groups -OCH3 is 1. The first-order valence-electron chi connectivity index (χ1n) is 6.84. The van der Waals surface area contributed by atoms with E-state index in [9.17, 15) is 0 Å². The van der Waals surface area contributed by atoms with E-state index >= 15 is 0 Å². The Morgan fingerprint density at radius 2 is 1.75 bits per heavy atom. The van der Waals surface area contributed by atoms with Crippen molar-refractivity contribution in [3.05, 3.63) is 53.6 Å². The van der Waals surface area contributed by atoms with E-state index in [1.54, 1.807) is 7.11 Å². The van der Waals surface area contributed by atoms with E-state index in [0.29, 0.717) is 0 Å². The van der Waals surface area contributed by atoms with Crippen LogP contribution in [-0.4, -0.2) is 7.11 Å². The highest BCUT2D eigenvalue weighted by molar-refractivity contribution is 5.45. The first kappa shape index (κ1) is 14.4. The molecule has 0 aromatic heterocycles. The van der Waals surface area contributed by atoms with Gasteiger partial charge in [-0.15, -0.1) is 0 Å². The fourth-order valence-corrected chi connectivity index (χ4v) is 1.98. The van der Waals surface area contributed by atoms with Crippen LogP contribution in [0.5, 0.6) is 17.2 Å². The molecule has 2 N–H and O–H groups in total. The Kier molecular flexibility index (Phi) is 4.64. The van der Waals surface area contributed by atoms with Crippen molar-refractivity contribution in [2.45, 2.75) is 26.3 Å². The summed E-state index contributed by atoms with van der Waals surface area (Å²) in [7, 11) is 1.65. The van der Waals surface area contributed by atoms with E-state index in [0.717, 1.165) is 29.2 Å². The molecule has 2 aromatic carbocycles. The van der Waals surface area contributed by atoms with E-state index in [4.69, 9.17) is 15.2 Å². The summed E-state index contributed by atoms with van der Waals surface area (Å²) in [5.41, 5.74) is 8.15. The normalized spacial score (nSPS) is 12.0. The number of hydrogen-bond acceptors (Lipinski definition) is 3. The lowest BCUT2D eigenvalue weighted by molar-refractivity contribution is 0.378. The number of nitrogens with two attached hydrogens (primary N) is 1. The Morgan fingerprint density at radius 1 is 1.05 bits per heavy atom. The zero-order valence-electron chi connectivity index (χ0n) is 12.2. The molecule has 3 nitrogen and oxygen atoms in total. The fourth-order valence-electron chi connectivity index (χ4n) is 1.98. The molecule has 0 spiro atoms. The third kappa shape index (κ3) is 3.31. The van der Waals surface area contributed by atoms with Gasteiger partial charge in [-0.3, -0.25) is 0 Å². The van der Waals surface area contributed by atoms with Gasteiger partial charge in [0.1, 0.15) is 5.75 Å². The van der Waals surface area contributed by atoms with Gasteiger partial charge in [-0.1, -0.05) is 25.1 Å². The van der Waals surface area contributed by atoms with Crippen LogP contribution in [0, 0.1) is 0 Å². The van der Waals surface area contributed by atoms with Crippen LogP contribution < -0.4 is 15.2 Å². The van der Waals surface area contributed by atoms with Gasteiger partial charge in [-0.2, -0.15) is 0 Å². The maximum absolute atomic E-state index is 5.87. The Morgan fingerprint density at radius 3 is 2.30 bits per heavy atom. The zero-order chi connectivity index (χ0) is 14.5. The summed E-state index contributed by atoms with van der Waals surface area (Å²) in [6.45, 7) is 4.07. The predicted molar refractivity (Wildman–Crippen MR) is 81.5 cm³/mol. The minimum absolute atomic E-state index is 0.0300. The third-order valence-corrected chi connectivity index (χ3v) is 3.27. The maximum atomic E-state index is 5.87. The molecule has 0 bridgehead atoms. The smallest absolute Gasteiger partial charge is 0.169 e. The second kappa shape index (κ2) is 6.44. The molecule has 0 aliphatic carbocycles. The van der Waals surface area contributed by atoms with Crippen LogP contribution in [0.4, 0.5) is 0 Å². The fraction of sp³-hybridized carbons (Fsp3) is 0.294. The molecule has 0 radical (unpaired) electrons. The van der Waals surface area contributed by atoms with Crippen LogP contribution in [0.2, 0.25) is 0 Å². The van der Waals surface area contributed by atoms with Crippen LogP contribution in [0.3, 0.4) is 0 Å². The maximum Gasteiger partial charge on any atom is 0.169 e. The minimum Gasteiger partial charge on any atom is -0.493 e. The molecule has 106 valence electrons. The Labute approximate surface area is 120 Å². The lowest BCUT2D eigenvalue weighted by Gasteiger charge is -2.12. The first-order chi connectivity index (χ1) is 9.63. The van der Waals surface area contributed by atoms with Gasteiger partial charge in [0.05, 0.1) is 7.11 Å². The molecule has 2 rings (SSSR count). The van der Waals surface area contributed by atoms with E-state index < -0.39 is 0 Å². The van der Waals surface area contributed by atoms with Crippen molar-refractivity contribution in [2.75, 3.05) is 7.11 Å². The summed E-state index contributed by atoms with van der Waals surface area (Å²) in [5, 5.41) is 0. The minimum atomic E-state index is 0.0300. The summed E-state index contributed by atoms with van der Waals surface area (Å²) in [6, 6.07) is 13.8. The third-order valence-electron chi connectivity index (χ3n) is 3.27. The van der Waals surface area contributed by atoms with Crippen molar-refractivity contribution in [2.24, 2.45) is 5.73 Å². The molecule has 0 amide bonds. The van der Waals surface area contributed by atoms with Crippen LogP contribution in [-0.2, 0) is 6.42 Å². The zero-order valence-corrected chi connectivity index (χ0v) is 12.2. The molecule has 0 aliphatic heterocycles. The SMILES string of the molecule is CCc1ccc(Oc2ccc([C@H](C)N)cc2)c(OC)c1. The van der Waals surface area contributed by atoms with E-state index in [2.05, 4.69) is 6.92 Å². The number of benzene rings is 2. The molecule has 3 heteroatoms. The molecule has 0 saturated carbocycles. The summed E-state index contributed by atoms with van der Waals surface area (Å²) in [4.78, 5) is 0. The Hall–Kier alpha value is -2.00. The number of rotatable bonds is 5. The van der Waals surface area contributed by atoms with Crippen LogP contribution in [0.1, 0.15) is 31.0 Å². The summed E-state index contributed by atoms with van der Waals surface area (Å²) >= 11 is 0. The highest BCUT2D eigenvalue weighted by Crippen LogP contribution is 2.32. The molecule has 20 heavy (non-hydrogen) atoms. The quantitative estimate of drug-likeness (QED) is 0.891. The van der Waals surface area contributed by atoms with E-state index in [1.165, 1.54) is 5.56 Å². The largest absolute Gasteiger partial charge is 0.493 e. The second-order valence-corrected chi connectivity index (χ2v) is 4.80. The van der Waals surface area contributed by atoms with E-state index in [1.807, 2.05) is 49.4 Å². The molecule has 0 fully saturated rings. The Balaban J connectivity index is 2.20. The van der Waals surface area contributed by atoms with Crippen molar-refractivity contribution < 1.29 is 9.47 Å². The van der Waals surface area contributed by atoms with Crippen LogP contribution >= 0.6 is 0 Å². The molecule has 1 atom stereocenters. The number of hydrogen-bond donors (Lipinski definition) is 1. The van der Waals surface area contributed by atoms with Gasteiger partial charge in [0.2, 0.25) is 0 Å². The molecular weight excluding hydrogens is 250 g/mol. The molecule has 0 unspecified atom stereocenters. The lowest BCUT2D eigenvalue weighted by atomic mass is 10.1. The highest BCUT2D eigenvalue weighted by Gasteiger charge is 2.07. The van der Waals surface area contributed by atoms with Gasteiger partial charge >= 0.3 is 0 Å². The van der Waals surface area contributed by atoms with Crippen molar-refractivity contribution in [1.82, 2.24) is 0 Å². The Bertz CT molecular complexity index is 562. The molecule has 2 aromatic rings. The topological polar surface area (TPSA) is 44.5 Å². The van der Waals surface area contributed by atoms with Crippen LogP contribution in [0.15, 0.2) is 42.5 Å². The van der Waals surface area contributed by atoms with Crippen LogP contribution in [0.25, 0.3) is 0 Å². The van der Waals surface area contributed by atoms with Gasteiger partial charge in [-0.25, -0.2) is 0 Å². The number of aryl methyl sites for hydroxylation is 1. The van der Waals surface area contributed by atoms with Crippen molar-refractivity contribution in [1.29, 1.82) is 0 Å². The molecular formula is C17H21NO2. The van der Waals surface area contributed by atoms with Gasteiger partial charge in [-0.05, 0) is 48.7 Å². The molecule has 0 saturated heterocycles. The average Bonchev–Trinajstić information content (AvgIpc) is 2.48. The van der Waals surface area contributed by atoms with Gasteiger partial charge in [0.25, 0.3) is 0 Å². The predicted octanol–water partition coefficient (Wildman–Crippen LogP) is 4.07. The highest BCUT2D eigenvalue weighted by atomic mass is 16.5. The van der Waals surface area contributed by atoms with Crippen molar-refractivity contribution in [3.8, 4) is 17.2 Å².